The van der Waals surface area contributed by atoms with E-state index in [1.807, 2.05) is 0 Å². The van der Waals surface area contributed by atoms with Crippen LogP contribution in [0.4, 0.5) is 0 Å². The highest BCUT2D eigenvalue weighted by Crippen LogP contribution is 2.29. The van der Waals surface area contributed by atoms with E-state index in [1.165, 1.54) is 0 Å². The van der Waals surface area contributed by atoms with Crippen molar-refractivity contribution in [3.63, 3.8) is 0 Å². The standard InChI is InChI=1S/C12H14BrNO4/c1-7(12(16)17)6-14(8-2-3-8)11(15)9-4-5-10(13)18-9/h4-5,7-8H,2-3,6H2,1H3,(H,16,17). The molecule has 1 amide bonds. The lowest BCUT2D eigenvalue weighted by molar-refractivity contribution is -0.141. The first-order valence-corrected chi connectivity index (χ1v) is 6.57. The summed E-state index contributed by atoms with van der Waals surface area (Å²) in [6.45, 7) is 1.82. The molecule has 1 aromatic heterocycles. The van der Waals surface area contributed by atoms with E-state index in [9.17, 15) is 9.59 Å². The average molecular weight is 316 g/mol. The van der Waals surface area contributed by atoms with Gasteiger partial charge in [0.25, 0.3) is 5.91 Å². The van der Waals surface area contributed by atoms with Gasteiger partial charge < -0.3 is 14.4 Å². The Morgan fingerprint density at radius 1 is 1.56 bits per heavy atom. The topological polar surface area (TPSA) is 70.8 Å². The van der Waals surface area contributed by atoms with Gasteiger partial charge in [0.2, 0.25) is 0 Å². The lowest BCUT2D eigenvalue weighted by Gasteiger charge is -2.23. The van der Waals surface area contributed by atoms with Crippen molar-refractivity contribution >= 4 is 27.8 Å². The van der Waals surface area contributed by atoms with Crippen LogP contribution >= 0.6 is 15.9 Å². The second-order valence-electron chi connectivity index (χ2n) is 4.53. The van der Waals surface area contributed by atoms with Crippen molar-refractivity contribution in [2.75, 3.05) is 6.54 Å². The lowest BCUT2D eigenvalue weighted by atomic mass is 10.1. The van der Waals surface area contributed by atoms with Crippen LogP contribution < -0.4 is 0 Å². The zero-order valence-electron chi connectivity index (χ0n) is 9.93. The minimum Gasteiger partial charge on any atom is -0.481 e. The van der Waals surface area contributed by atoms with Crippen LogP contribution in [-0.2, 0) is 4.79 Å². The fourth-order valence-electron chi connectivity index (χ4n) is 1.73. The van der Waals surface area contributed by atoms with Crippen molar-refractivity contribution in [1.82, 2.24) is 4.90 Å². The van der Waals surface area contributed by atoms with Gasteiger partial charge in [-0.15, -0.1) is 0 Å². The highest BCUT2D eigenvalue weighted by Gasteiger charge is 2.35. The van der Waals surface area contributed by atoms with Crippen LogP contribution in [0.5, 0.6) is 0 Å². The smallest absolute Gasteiger partial charge is 0.308 e. The van der Waals surface area contributed by atoms with E-state index in [2.05, 4.69) is 15.9 Å². The van der Waals surface area contributed by atoms with Crippen LogP contribution in [0.25, 0.3) is 0 Å². The second-order valence-corrected chi connectivity index (χ2v) is 5.31. The van der Waals surface area contributed by atoms with Crippen LogP contribution in [0.2, 0.25) is 0 Å². The van der Waals surface area contributed by atoms with E-state index >= 15 is 0 Å². The summed E-state index contributed by atoms with van der Waals surface area (Å²) in [6.07, 6.45) is 1.86. The molecular formula is C12H14BrNO4. The van der Waals surface area contributed by atoms with Gasteiger partial charge in [0, 0.05) is 12.6 Å². The minimum atomic E-state index is -0.894. The third kappa shape index (κ3) is 2.93. The predicted octanol–water partition coefficient (Wildman–Crippen LogP) is 2.37. The van der Waals surface area contributed by atoms with Gasteiger partial charge in [0.1, 0.15) is 0 Å². The molecule has 5 nitrogen and oxygen atoms in total. The van der Waals surface area contributed by atoms with E-state index in [4.69, 9.17) is 9.52 Å². The molecule has 1 saturated carbocycles. The molecule has 1 aliphatic rings. The molecule has 1 atom stereocenters. The first-order chi connectivity index (χ1) is 8.49. The van der Waals surface area contributed by atoms with E-state index < -0.39 is 11.9 Å². The molecule has 1 N–H and O–H groups in total. The van der Waals surface area contributed by atoms with E-state index in [0.29, 0.717) is 4.67 Å². The Labute approximate surface area is 113 Å². The van der Waals surface area contributed by atoms with Crippen molar-refractivity contribution < 1.29 is 19.1 Å². The zero-order chi connectivity index (χ0) is 13.3. The van der Waals surface area contributed by atoms with Crippen molar-refractivity contribution in [2.24, 2.45) is 5.92 Å². The number of aliphatic carboxylic acids is 1. The summed E-state index contributed by atoms with van der Waals surface area (Å²) in [5.41, 5.74) is 0. The van der Waals surface area contributed by atoms with Crippen LogP contribution in [0, 0.1) is 5.92 Å². The second kappa shape index (κ2) is 5.14. The number of carboxylic acids is 1. The van der Waals surface area contributed by atoms with Crippen molar-refractivity contribution in [3.8, 4) is 0 Å². The highest BCUT2D eigenvalue weighted by molar-refractivity contribution is 9.10. The number of nitrogens with zero attached hydrogens (tertiary/aromatic N) is 1. The summed E-state index contributed by atoms with van der Waals surface area (Å²) in [5.74, 6) is -1.47. The Balaban J connectivity index is 2.10. The monoisotopic (exact) mass is 315 g/mol. The van der Waals surface area contributed by atoms with E-state index in [-0.39, 0.29) is 24.3 Å². The molecule has 0 radical (unpaired) electrons. The maximum atomic E-state index is 12.2. The summed E-state index contributed by atoms with van der Waals surface area (Å²) in [4.78, 5) is 24.7. The van der Waals surface area contributed by atoms with E-state index in [1.54, 1.807) is 24.0 Å². The van der Waals surface area contributed by atoms with Gasteiger partial charge in [-0.25, -0.2) is 0 Å². The van der Waals surface area contributed by atoms with Gasteiger partial charge in [-0.3, -0.25) is 9.59 Å². The average Bonchev–Trinajstić information content (AvgIpc) is 3.07. The summed E-state index contributed by atoms with van der Waals surface area (Å²) in [7, 11) is 0. The summed E-state index contributed by atoms with van der Waals surface area (Å²) in [6, 6.07) is 3.40. The molecule has 0 bridgehead atoms. The largest absolute Gasteiger partial charge is 0.481 e. The molecule has 6 heteroatoms. The molecule has 1 unspecified atom stereocenters. The Hall–Kier alpha value is -1.30. The van der Waals surface area contributed by atoms with Gasteiger partial charge in [-0.1, -0.05) is 6.92 Å². The summed E-state index contributed by atoms with van der Waals surface area (Å²) < 4.78 is 5.72. The molecule has 0 aliphatic heterocycles. The number of hydrogen-bond donors (Lipinski definition) is 1. The SMILES string of the molecule is CC(CN(C(=O)c1ccc(Br)o1)C1CC1)C(=O)O. The van der Waals surface area contributed by atoms with Crippen molar-refractivity contribution in [1.29, 1.82) is 0 Å². The fraction of sp³-hybridized carbons (Fsp3) is 0.500. The van der Waals surface area contributed by atoms with Gasteiger partial charge >= 0.3 is 5.97 Å². The molecule has 1 aliphatic carbocycles. The van der Waals surface area contributed by atoms with Gasteiger partial charge in [0.15, 0.2) is 10.4 Å². The van der Waals surface area contributed by atoms with E-state index in [0.717, 1.165) is 12.8 Å². The van der Waals surface area contributed by atoms with Crippen LogP contribution in [0.1, 0.15) is 30.3 Å². The molecule has 0 saturated heterocycles. The number of furan rings is 1. The van der Waals surface area contributed by atoms with Crippen molar-refractivity contribution in [3.05, 3.63) is 22.6 Å². The predicted molar refractivity (Wildman–Crippen MR) is 67.3 cm³/mol. The molecule has 0 aromatic carbocycles. The molecule has 1 aromatic rings. The highest BCUT2D eigenvalue weighted by atomic mass is 79.9. The lowest BCUT2D eigenvalue weighted by Crippen LogP contribution is -2.38. The molecule has 18 heavy (non-hydrogen) atoms. The first kappa shape index (κ1) is 13.1. The number of halogens is 1. The van der Waals surface area contributed by atoms with Crippen LogP contribution in [0.15, 0.2) is 21.2 Å². The van der Waals surface area contributed by atoms with Gasteiger partial charge in [-0.05, 0) is 40.9 Å². The Bertz CT molecular complexity index is 466. The summed E-state index contributed by atoms with van der Waals surface area (Å²) in [5, 5.41) is 8.92. The van der Waals surface area contributed by atoms with Gasteiger partial charge in [-0.2, -0.15) is 0 Å². The quantitative estimate of drug-likeness (QED) is 0.905. The van der Waals surface area contributed by atoms with Crippen molar-refractivity contribution in [2.45, 2.75) is 25.8 Å². The van der Waals surface area contributed by atoms with Gasteiger partial charge in [0.05, 0.1) is 5.92 Å². The molecule has 1 fully saturated rings. The molecule has 98 valence electrons. The summed E-state index contributed by atoms with van der Waals surface area (Å²) >= 11 is 3.14. The normalized spacial score (nSPS) is 16.3. The molecule has 0 spiro atoms. The Kier molecular flexibility index (Phi) is 3.75. The Morgan fingerprint density at radius 2 is 2.22 bits per heavy atom. The number of rotatable bonds is 5. The number of carboxylic acid groups (broad SMARTS) is 1. The number of carbonyl (C=O) groups is 2. The first-order valence-electron chi connectivity index (χ1n) is 5.78. The maximum Gasteiger partial charge on any atom is 0.308 e. The molecule has 1 heterocycles. The van der Waals surface area contributed by atoms with Crippen LogP contribution in [-0.4, -0.2) is 34.5 Å². The Morgan fingerprint density at radius 3 is 2.67 bits per heavy atom. The zero-order valence-corrected chi connectivity index (χ0v) is 11.5. The van der Waals surface area contributed by atoms with Crippen LogP contribution in [0.3, 0.4) is 0 Å². The number of carbonyl (C=O) groups excluding carboxylic acids is 1. The molecule has 2 rings (SSSR count). The number of amides is 1. The number of hydrogen-bond acceptors (Lipinski definition) is 3. The third-order valence-corrected chi connectivity index (χ3v) is 3.35. The third-order valence-electron chi connectivity index (χ3n) is 2.92. The fourth-order valence-corrected chi connectivity index (χ4v) is 2.03. The minimum absolute atomic E-state index is 0.156. The molecular weight excluding hydrogens is 302 g/mol. The maximum absolute atomic E-state index is 12.2.